The molecule has 2 N–H and O–H groups in total. The molecule has 2 aromatic rings. The number of benzene rings is 1. The first kappa shape index (κ1) is 16.8. The second kappa shape index (κ2) is 7.63. The zero-order valence-electron chi connectivity index (χ0n) is 12.5. The summed E-state index contributed by atoms with van der Waals surface area (Å²) in [6, 6.07) is 5.74. The number of amides is 2. The maximum Gasteiger partial charge on any atom is 0.283 e. The molecule has 0 saturated heterocycles. The standard InChI is InChI=1S/C14H15FN4O3S/c1-3-10-12(23-19-16-10)14(21)18-17-13(20)8(2)22-11-7-5-4-6-9(11)15/h4-8H,3H2,1-2H3,(H,17,20)(H,18,21). The van der Waals surface area contributed by atoms with Gasteiger partial charge in [-0.1, -0.05) is 23.5 Å². The van der Waals surface area contributed by atoms with Crippen LogP contribution < -0.4 is 15.6 Å². The normalized spacial score (nSPS) is 11.6. The van der Waals surface area contributed by atoms with Gasteiger partial charge in [0.1, 0.15) is 4.88 Å². The number of carbonyl (C=O) groups excluding carboxylic acids is 2. The van der Waals surface area contributed by atoms with E-state index < -0.39 is 23.7 Å². The van der Waals surface area contributed by atoms with Gasteiger partial charge in [0.25, 0.3) is 11.8 Å². The van der Waals surface area contributed by atoms with E-state index in [1.54, 1.807) is 6.07 Å². The Morgan fingerprint density at radius 3 is 2.78 bits per heavy atom. The molecule has 1 atom stereocenters. The number of ether oxygens (including phenoxy) is 1. The largest absolute Gasteiger partial charge is 0.478 e. The van der Waals surface area contributed by atoms with Gasteiger partial charge in [-0.2, -0.15) is 0 Å². The Morgan fingerprint density at radius 2 is 2.09 bits per heavy atom. The summed E-state index contributed by atoms with van der Waals surface area (Å²) in [7, 11) is 0. The quantitative estimate of drug-likeness (QED) is 0.805. The van der Waals surface area contributed by atoms with Crippen molar-refractivity contribution in [3.8, 4) is 5.75 Å². The number of hydrazine groups is 1. The first-order valence-corrected chi connectivity index (χ1v) is 7.62. The lowest BCUT2D eigenvalue weighted by molar-refractivity contribution is -0.128. The third-order valence-corrected chi connectivity index (χ3v) is 3.67. The van der Waals surface area contributed by atoms with Crippen LogP contribution in [-0.4, -0.2) is 27.5 Å². The lowest BCUT2D eigenvalue weighted by atomic mass is 10.3. The van der Waals surface area contributed by atoms with Gasteiger partial charge in [0.2, 0.25) is 0 Å². The number of halogens is 1. The predicted octanol–water partition coefficient (Wildman–Crippen LogP) is 1.47. The van der Waals surface area contributed by atoms with Crippen LogP contribution in [0.2, 0.25) is 0 Å². The monoisotopic (exact) mass is 338 g/mol. The third kappa shape index (κ3) is 4.22. The molecule has 2 amide bonds. The van der Waals surface area contributed by atoms with Crippen molar-refractivity contribution < 1.29 is 18.7 Å². The predicted molar refractivity (Wildman–Crippen MR) is 81.4 cm³/mol. The van der Waals surface area contributed by atoms with E-state index in [1.165, 1.54) is 25.1 Å². The van der Waals surface area contributed by atoms with Crippen LogP contribution in [0.25, 0.3) is 0 Å². The Bertz CT molecular complexity index is 707. The fourth-order valence-electron chi connectivity index (χ4n) is 1.67. The molecule has 9 heteroatoms. The lowest BCUT2D eigenvalue weighted by Gasteiger charge is -2.15. The molecule has 0 bridgehead atoms. The Kier molecular flexibility index (Phi) is 5.58. The van der Waals surface area contributed by atoms with Gasteiger partial charge in [-0.25, -0.2) is 4.39 Å². The van der Waals surface area contributed by atoms with Crippen LogP contribution >= 0.6 is 11.5 Å². The SMILES string of the molecule is CCc1nnsc1C(=O)NNC(=O)C(C)Oc1ccccc1F. The molecule has 122 valence electrons. The van der Waals surface area contributed by atoms with Crippen molar-refractivity contribution >= 4 is 23.3 Å². The van der Waals surface area contributed by atoms with Crippen LogP contribution in [0.3, 0.4) is 0 Å². The van der Waals surface area contributed by atoms with E-state index in [2.05, 4.69) is 20.4 Å². The second-order valence-corrected chi connectivity index (χ2v) is 5.29. The van der Waals surface area contributed by atoms with Crippen molar-refractivity contribution in [2.24, 2.45) is 0 Å². The highest BCUT2D eigenvalue weighted by atomic mass is 32.1. The molecule has 1 unspecified atom stereocenters. The fraction of sp³-hybridized carbons (Fsp3) is 0.286. The smallest absolute Gasteiger partial charge is 0.283 e. The number of para-hydroxylation sites is 1. The second-order valence-electron chi connectivity index (χ2n) is 4.54. The Morgan fingerprint density at radius 1 is 1.35 bits per heavy atom. The molecule has 0 aliphatic heterocycles. The maximum atomic E-state index is 13.5. The highest BCUT2D eigenvalue weighted by Gasteiger charge is 2.19. The number of rotatable bonds is 5. The third-order valence-electron chi connectivity index (χ3n) is 2.91. The van der Waals surface area contributed by atoms with Crippen molar-refractivity contribution in [3.05, 3.63) is 40.7 Å². The number of aromatic nitrogens is 2. The highest BCUT2D eigenvalue weighted by molar-refractivity contribution is 7.08. The van der Waals surface area contributed by atoms with Crippen molar-refractivity contribution in [2.45, 2.75) is 26.4 Å². The average molecular weight is 338 g/mol. The van der Waals surface area contributed by atoms with E-state index >= 15 is 0 Å². The van der Waals surface area contributed by atoms with E-state index in [-0.39, 0.29) is 5.75 Å². The molecular weight excluding hydrogens is 323 g/mol. The molecule has 1 heterocycles. The molecule has 0 aliphatic carbocycles. The van der Waals surface area contributed by atoms with Crippen molar-refractivity contribution in [2.75, 3.05) is 0 Å². The molecule has 23 heavy (non-hydrogen) atoms. The van der Waals surface area contributed by atoms with Crippen molar-refractivity contribution in [3.63, 3.8) is 0 Å². The van der Waals surface area contributed by atoms with E-state index in [0.717, 1.165) is 11.5 Å². The topological polar surface area (TPSA) is 93.2 Å². The van der Waals surface area contributed by atoms with Crippen LogP contribution in [0.1, 0.15) is 29.2 Å². The first-order valence-electron chi connectivity index (χ1n) is 6.85. The Balaban J connectivity index is 1.89. The van der Waals surface area contributed by atoms with E-state index in [1.807, 2.05) is 6.92 Å². The number of hydrogen-bond donors (Lipinski definition) is 2. The van der Waals surface area contributed by atoms with Crippen LogP contribution in [0.4, 0.5) is 4.39 Å². The maximum absolute atomic E-state index is 13.5. The number of nitrogens with one attached hydrogen (secondary N) is 2. The summed E-state index contributed by atoms with van der Waals surface area (Å²) in [5, 5.41) is 3.81. The lowest BCUT2D eigenvalue weighted by Crippen LogP contribution is -2.47. The Labute approximate surface area is 136 Å². The average Bonchev–Trinajstić information content (AvgIpc) is 3.03. The molecule has 0 saturated carbocycles. The number of nitrogens with zero attached hydrogens (tertiary/aromatic N) is 2. The minimum absolute atomic E-state index is 0.0404. The summed E-state index contributed by atoms with van der Waals surface area (Å²) < 4.78 is 22.4. The van der Waals surface area contributed by atoms with Crippen LogP contribution in [-0.2, 0) is 11.2 Å². The zero-order valence-corrected chi connectivity index (χ0v) is 13.3. The van der Waals surface area contributed by atoms with E-state index in [9.17, 15) is 14.0 Å². The van der Waals surface area contributed by atoms with Gasteiger partial charge < -0.3 is 4.74 Å². The molecule has 0 radical (unpaired) electrons. The van der Waals surface area contributed by atoms with E-state index in [0.29, 0.717) is 17.0 Å². The highest BCUT2D eigenvalue weighted by Crippen LogP contribution is 2.17. The molecular formula is C14H15FN4O3S. The Hall–Kier alpha value is -2.55. The molecule has 7 nitrogen and oxygen atoms in total. The van der Waals surface area contributed by atoms with Gasteiger partial charge in [-0.05, 0) is 37.0 Å². The van der Waals surface area contributed by atoms with Gasteiger partial charge in [-0.3, -0.25) is 20.4 Å². The number of hydrogen-bond acceptors (Lipinski definition) is 6. The zero-order chi connectivity index (χ0) is 16.8. The molecule has 0 spiro atoms. The summed E-state index contributed by atoms with van der Waals surface area (Å²) in [6.07, 6.45) is -0.433. The van der Waals surface area contributed by atoms with Crippen molar-refractivity contribution in [1.29, 1.82) is 0 Å². The van der Waals surface area contributed by atoms with Gasteiger partial charge in [0, 0.05) is 0 Å². The first-order chi connectivity index (χ1) is 11.0. The van der Waals surface area contributed by atoms with E-state index in [4.69, 9.17) is 4.74 Å². The van der Waals surface area contributed by atoms with Gasteiger partial charge in [-0.15, -0.1) is 5.10 Å². The van der Waals surface area contributed by atoms with Crippen LogP contribution in [0.15, 0.2) is 24.3 Å². The molecule has 0 aliphatic rings. The van der Waals surface area contributed by atoms with Gasteiger partial charge in [0.15, 0.2) is 17.7 Å². The minimum Gasteiger partial charge on any atom is -0.478 e. The van der Waals surface area contributed by atoms with Gasteiger partial charge in [0.05, 0.1) is 5.69 Å². The summed E-state index contributed by atoms with van der Waals surface area (Å²) in [6.45, 7) is 3.29. The molecule has 2 rings (SSSR count). The minimum atomic E-state index is -0.988. The van der Waals surface area contributed by atoms with Crippen LogP contribution in [0, 0.1) is 5.82 Å². The molecule has 1 aromatic heterocycles. The van der Waals surface area contributed by atoms with Crippen molar-refractivity contribution in [1.82, 2.24) is 20.4 Å². The number of aryl methyl sites for hydroxylation is 1. The molecule has 0 fully saturated rings. The summed E-state index contributed by atoms with van der Waals surface area (Å²) in [4.78, 5) is 24.1. The fourth-order valence-corrected chi connectivity index (χ4v) is 2.32. The molecule has 1 aromatic carbocycles. The van der Waals surface area contributed by atoms with Crippen LogP contribution in [0.5, 0.6) is 5.75 Å². The summed E-state index contributed by atoms with van der Waals surface area (Å²) in [5.41, 5.74) is 5.04. The summed E-state index contributed by atoms with van der Waals surface area (Å²) in [5.74, 6) is -1.73. The van der Waals surface area contributed by atoms with Gasteiger partial charge >= 0.3 is 0 Å². The summed E-state index contributed by atoms with van der Waals surface area (Å²) >= 11 is 0.942. The number of carbonyl (C=O) groups is 2.